The van der Waals surface area contributed by atoms with Crippen molar-refractivity contribution in [1.29, 1.82) is 0 Å². The van der Waals surface area contributed by atoms with Gasteiger partial charge in [-0.1, -0.05) is 28.8 Å². The van der Waals surface area contributed by atoms with Crippen molar-refractivity contribution in [2.75, 3.05) is 25.0 Å². The first kappa shape index (κ1) is 23.4. The van der Waals surface area contributed by atoms with Crippen LogP contribution in [0.3, 0.4) is 0 Å². The van der Waals surface area contributed by atoms with Gasteiger partial charge < -0.3 is 10.1 Å². The van der Waals surface area contributed by atoms with Gasteiger partial charge in [0.2, 0.25) is 10.0 Å². The van der Waals surface area contributed by atoms with Crippen LogP contribution in [0, 0.1) is 6.92 Å². The van der Waals surface area contributed by atoms with Gasteiger partial charge >= 0.3 is 5.97 Å². The van der Waals surface area contributed by atoms with Crippen LogP contribution in [0.15, 0.2) is 51.8 Å². The molecule has 1 amide bonds. The number of benzene rings is 2. The lowest BCUT2D eigenvalue weighted by molar-refractivity contribution is -0.119. The van der Waals surface area contributed by atoms with Crippen molar-refractivity contribution in [2.45, 2.75) is 37.5 Å². The predicted octanol–water partition coefficient (Wildman–Crippen LogP) is 4.12. The molecular weight excluding hydrogens is 484 g/mol. The zero-order valence-corrected chi connectivity index (χ0v) is 19.7. The van der Waals surface area contributed by atoms with E-state index in [1.54, 1.807) is 12.1 Å². The van der Waals surface area contributed by atoms with Crippen LogP contribution in [0.4, 0.5) is 5.69 Å². The van der Waals surface area contributed by atoms with Crippen LogP contribution in [0.2, 0.25) is 0 Å². The molecule has 2 aromatic rings. The molecule has 0 radical (unpaired) electrons. The fourth-order valence-electron chi connectivity index (χ4n) is 3.33. The van der Waals surface area contributed by atoms with Gasteiger partial charge in [0.25, 0.3) is 5.91 Å². The molecule has 1 N–H and O–H groups in total. The summed E-state index contributed by atoms with van der Waals surface area (Å²) in [7, 11) is -3.58. The largest absolute Gasteiger partial charge is 0.452 e. The molecular formula is C22H25BrN2O5S. The molecule has 0 aliphatic carbocycles. The molecule has 0 bridgehead atoms. The van der Waals surface area contributed by atoms with E-state index in [0.29, 0.717) is 18.8 Å². The van der Waals surface area contributed by atoms with Gasteiger partial charge in [0.1, 0.15) is 0 Å². The summed E-state index contributed by atoms with van der Waals surface area (Å²) < 4.78 is 33.1. The summed E-state index contributed by atoms with van der Waals surface area (Å²) in [6.45, 7) is 2.48. The Morgan fingerprint density at radius 2 is 1.68 bits per heavy atom. The monoisotopic (exact) mass is 508 g/mol. The number of hydrogen-bond acceptors (Lipinski definition) is 5. The second-order valence-corrected chi connectivity index (χ2v) is 10.2. The van der Waals surface area contributed by atoms with Crippen molar-refractivity contribution in [3.05, 3.63) is 58.1 Å². The normalized spacial score (nSPS) is 15.2. The van der Waals surface area contributed by atoms with Crippen molar-refractivity contribution in [3.8, 4) is 0 Å². The molecule has 1 fully saturated rings. The summed E-state index contributed by atoms with van der Waals surface area (Å²) in [4.78, 5) is 24.4. The first-order chi connectivity index (χ1) is 14.8. The molecule has 3 rings (SSSR count). The van der Waals surface area contributed by atoms with Gasteiger partial charge in [0.05, 0.1) is 10.5 Å². The summed E-state index contributed by atoms with van der Waals surface area (Å²) in [5.74, 6) is -1.16. The van der Waals surface area contributed by atoms with E-state index in [-0.39, 0.29) is 10.5 Å². The van der Waals surface area contributed by atoms with E-state index in [1.165, 1.54) is 28.6 Å². The number of esters is 1. The summed E-state index contributed by atoms with van der Waals surface area (Å²) in [5.41, 5.74) is 1.75. The number of nitrogens with zero attached hydrogens (tertiary/aromatic N) is 1. The Labute approximate surface area is 191 Å². The van der Waals surface area contributed by atoms with Gasteiger partial charge in [-0.3, -0.25) is 4.79 Å². The minimum Gasteiger partial charge on any atom is -0.452 e. The molecule has 0 saturated carbocycles. The number of halogens is 1. The second kappa shape index (κ2) is 10.4. The van der Waals surface area contributed by atoms with Crippen LogP contribution >= 0.6 is 15.9 Å². The molecule has 0 atom stereocenters. The van der Waals surface area contributed by atoms with Crippen LogP contribution in [0.5, 0.6) is 0 Å². The van der Waals surface area contributed by atoms with Crippen molar-refractivity contribution in [2.24, 2.45) is 0 Å². The second-order valence-electron chi connectivity index (χ2n) is 7.43. The highest BCUT2D eigenvalue weighted by molar-refractivity contribution is 9.10. The number of ether oxygens (including phenoxy) is 1. The lowest BCUT2D eigenvalue weighted by atomic mass is 10.2. The summed E-state index contributed by atoms with van der Waals surface area (Å²) in [5, 5.41) is 2.67. The van der Waals surface area contributed by atoms with Crippen molar-refractivity contribution in [3.63, 3.8) is 0 Å². The first-order valence-electron chi connectivity index (χ1n) is 10.1. The third-order valence-electron chi connectivity index (χ3n) is 5.07. The Morgan fingerprint density at radius 3 is 2.29 bits per heavy atom. The highest BCUT2D eigenvalue weighted by Crippen LogP contribution is 2.21. The Bertz CT molecular complexity index is 1050. The molecule has 0 spiro atoms. The molecule has 1 heterocycles. The van der Waals surface area contributed by atoms with Gasteiger partial charge in [0, 0.05) is 23.2 Å². The fourth-order valence-corrected chi connectivity index (χ4v) is 5.09. The van der Waals surface area contributed by atoms with E-state index >= 15 is 0 Å². The molecule has 1 aliphatic heterocycles. The van der Waals surface area contributed by atoms with Gasteiger partial charge in [-0.15, -0.1) is 0 Å². The van der Waals surface area contributed by atoms with E-state index in [4.69, 9.17) is 4.74 Å². The summed E-state index contributed by atoms with van der Waals surface area (Å²) in [6, 6.07) is 11.0. The number of sulfonamides is 1. The van der Waals surface area contributed by atoms with Crippen LogP contribution < -0.4 is 5.32 Å². The Hall–Kier alpha value is -2.23. The number of carbonyl (C=O) groups is 2. The molecule has 31 heavy (non-hydrogen) atoms. The molecule has 0 aromatic heterocycles. The Kier molecular flexibility index (Phi) is 7.85. The van der Waals surface area contributed by atoms with Crippen molar-refractivity contribution >= 4 is 43.5 Å². The molecule has 7 nitrogen and oxygen atoms in total. The van der Waals surface area contributed by atoms with Gasteiger partial charge in [0.15, 0.2) is 6.61 Å². The van der Waals surface area contributed by atoms with Crippen LogP contribution in [-0.2, 0) is 19.6 Å². The maximum Gasteiger partial charge on any atom is 0.338 e. The Balaban J connectivity index is 1.57. The first-order valence-corrected chi connectivity index (χ1v) is 12.3. The highest BCUT2D eigenvalue weighted by Gasteiger charge is 2.25. The zero-order valence-electron chi connectivity index (χ0n) is 17.3. The zero-order chi connectivity index (χ0) is 22.4. The van der Waals surface area contributed by atoms with Crippen LogP contribution in [0.25, 0.3) is 0 Å². The van der Waals surface area contributed by atoms with Gasteiger partial charge in [-0.2, -0.15) is 4.31 Å². The number of hydrogen-bond donors (Lipinski definition) is 1. The number of carbonyl (C=O) groups excluding carboxylic acids is 2. The maximum absolute atomic E-state index is 12.8. The van der Waals surface area contributed by atoms with E-state index in [2.05, 4.69) is 21.2 Å². The fraction of sp³-hybridized carbons (Fsp3) is 0.364. The number of anilines is 1. The maximum atomic E-state index is 12.8. The van der Waals surface area contributed by atoms with Crippen molar-refractivity contribution in [1.82, 2.24) is 4.31 Å². The molecule has 0 unspecified atom stereocenters. The lowest BCUT2D eigenvalue weighted by Gasteiger charge is -2.19. The number of rotatable bonds is 6. The summed E-state index contributed by atoms with van der Waals surface area (Å²) >= 11 is 3.39. The minimum absolute atomic E-state index is 0.148. The smallest absolute Gasteiger partial charge is 0.338 e. The minimum atomic E-state index is -3.58. The number of aryl methyl sites for hydroxylation is 1. The van der Waals surface area contributed by atoms with Gasteiger partial charge in [-0.05, 0) is 67.8 Å². The average molecular weight is 509 g/mol. The SMILES string of the molecule is Cc1cc(NC(=O)COC(=O)c2ccc(S(=O)(=O)N3CCCCCC3)cc2)ccc1Br. The highest BCUT2D eigenvalue weighted by atomic mass is 79.9. The van der Waals surface area contributed by atoms with E-state index < -0.39 is 28.5 Å². The molecule has 166 valence electrons. The standard InChI is InChI=1S/C22H25BrN2O5S/c1-16-14-18(8-11-20(16)23)24-21(26)15-30-22(27)17-6-9-19(10-7-17)31(28,29)25-12-4-2-3-5-13-25/h6-11,14H,2-5,12-13,15H2,1H3,(H,24,26). The van der Waals surface area contributed by atoms with E-state index in [1.807, 2.05) is 13.0 Å². The van der Waals surface area contributed by atoms with Gasteiger partial charge in [-0.25, -0.2) is 13.2 Å². The molecule has 1 aliphatic rings. The van der Waals surface area contributed by atoms with Crippen molar-refractivity contribution < 1.29 is 22.7 Å². The van der Waals surface area contributed by atoms with Crippen LogP contribution in [-0.4, -0.2) is 44.3 Å². The van der Waals surface area contributed by atoms with E-state index in [0.717, 1.165) is 35.7 Å². The average Bonchev–Trinajstić information content (AvgIpc) is 3.05. The third-order valence-corrected chi connectivity index (χ3v) is 7.87. The van der Waals surface area contributed by atoms with Crippen LogP contribution in [0.1, 0.15) is 41.6 Å². The predicted molar refractivity (Wildman–Crippen MR) is 121 cm³/mol. The summed E-state index contributed by atoms with van der Waals surface area (Å²) in [6.07, 6.45) is 3.77. The van der Waals surface area contributed by atoms with E-state index in [9.17, 15) is 18.0 Å². The quantitative estimate of drug-likeness (QED) is 0.592. The Morgan fingerprint density at radius 1 is 1.03 bits per heavy atom. The molecule has 9 heteroatoms. The topological polar surface area (TPSA) is 92.8 Å². The third kappa shape index (κ3) is 6.15. The molecule has 2 aromatic carbocycles. The number of nitrogens with one attached hydrogen (secondary N) is 1. The lowest BCUT2D eigenvalue weighted by Crippen LogP contribution is -2.31. The molecule has 1 saturated heterocycles. The number of amides is 1.